The van der Waals surface area contributed by atoms with E-state index in [1.54, 1.807) is 5.19 Å². The van der Waals surface area contributed by atoms with Crippen molar-refractivity contribution in [3.63, 3.8) is 0 Å². The molecule has 114 valence electrons. The fourth-order valence-corrected chi connectivity index (χ4v) is 3.49. The molecule has 0 amide bonds. The minimum Gasteiger partial charge on any atom is -0.309 e. The van der Waals surface area contributed by atoms with Crippen LogP contribution in [-0.4, -0.2) is 51.6 Å². The molecular formula is C17H32N2Si. The molecule has 20 heavy (non-hydrogen) atoms. The molecule has 0 saturated carbocycles. The minimum absolute atomic E-state index is 1.08. The van der Waals surface area contributed by atoms with Crippen LogP contribution in [0.4, 0.5) is 0 Å². The Morgan fingerprint density at radius 1 is 0.950 bits per heavy atom. The maximum absolute atomic E-state index is 2.53. The van der Waals surface area contributed by atoms with Crippen molar-refractivity contribution in [3.05, 3.63) is 29.8 Å². The second-order valence-electron chi connectivity index (χ2n) is 6.97. The van der Waals surface area contributed by atoms with Crippen LogP contribution in [0.3, 0.4) is 0 Å². The third kappa shape index (κ3) is 6.20. The van der Waals surface area contributed by atoms with Crippen LogP contribution in [0.15, 0.2) is 24.3 Å². The van der Waals surface area contributed by atoms with E-state index in [0.717, 1.165) is 13.1 Å². The fraction of sp³-hybridized carbons (Fsp3) is 0.647. The second-order valence-corrected chi connectivity index (χ2v) is 12.0. The van der Waals surface area contributed by atoms with Gasteiger partial charge < -0.3 is 4.90 Å². The highest BCUT2D eigenvalue weighted by molar-refractivity contribution is 6.88. The average molecular weight is 293 g/mol. The van der Waals surface area contributed by atoms with E-state index in [2.05, 4.69) is 74.7 Å². The van der Waals surface area contributed by atoms with Gasteiger partial charge in [-0.25, -0.2) is 0 Å². The van der Waals surface area contributed by atoms with Gasteiger partial charge in [0.15, 0.2) is 0 Å². The Morgan fingerprint density at radius 2 is 1.55 bits per heavy atom. The van der Waals surface area contributed by atoms with Gasteiger partial charge in [-0.15, -0.1) is 0 Å². The van der Waals surface area contributed by atoms with Crippen molar-refractivity contribution < 1.29 is 0 Å². The van der Waals surface area contributed by atoms with E-state index in [9.17, 15) is 0 Å². The van der Waals surface area contributed by atoms with Gasteiger partial charge >= 0.3 is 0 Å². The summed E-state index contributed by atoms with van der Waals surface area (Å²) in [6.45, 7) is 14.0. The molecule has 0 spiro atoms. The van der Waals surface area contributed by atoms with E-state index in [-0.39, 0.29) is 0 Å². The van der Waals surface area contributed by atoms with Crippen molar-refractivity contribution in [3.8, 4) is 0 Å². The van der Waals surface area contributed by atoms with Crippen molar-refractivity contribution in [2.24, 2.45) is 0 Å². The summed E-state index contributed by atoms with van der Waals surface area (Å²) in [6.07, 6.45) is 1.24. The summed E-state index contributed by atoms with van der Waals surface area (Å²) in [5.74, 6) is 0. The highest BCUT2D eigenvalue weighted by Gasteiger charge is 2.15. The Hall–Kier alpha value is -0.643. The quantitative estimate of drug-likeness (QED) is 0.680. The molecular weight excluding hydrogens is 260 g/mol. The van der Waals surface area contributed by atoms with Crippen molar-refractivity contribution in [1.82, 2.24) is 9.80 Å². The van der Waals surface area contributed by atoms with Crippen LogP contribution in [-0.2, 0) is 6.54 Å². The number of hydrogen-bond acceptors (Lipinski definition) is 2. The van der Waals surface area contributed by atoms with Gasteiger partial charge in [0, 0.05) is 6.54 Å². The van der Waals surface area contributed by atoms with E-state index in [4.69, 9.17) is 0 Å². The number of benzene rings is 1. The molecule has 0 saturated heterocycles. The Labute approximate surface area is 126 Å². The second kappa shape index (κ2) is 7.96. The molecule has 0 aliphatic carbocycles. The summed E-state index contributed by atoms with van der Waals surface area (Å²) < 4.78 is 0. The molecule has 0 radical (unpaired) electrons. The first-order valence-electron chi connectivity index (χ1n) is 7.79. The van der Waals surface area contributed by atoms with Gasteiger partial charge in [-0.3, -0.25) is 4.90 Å². The van der Waals surface area contributed by atoms with Crippen molar-refractivity contribution >= 4 is 13.3 Å². The van der Waals surface area contributed by atoms with Gasteiger partial charge in [0.25, 0.3) is 0 Å². The van der Waals surface area contributed by atoms with Crippen LogP contribution in [0.2, 0.25) is 19.6 Å². The third-order valence-electron chi connectivity index (χ3n) is 3.75. The summed E-state index contributed by atoms with van der Waals surface area (Å²) in [6, 6.07) is 9.33. The van der Waals surface area contributed by atoms with Gasteiger partial charge in [-0.2, -0.15) is 0 Å². The highest BCUT2D eigenvalue weighted by atomic mass is 28.3. The van der Waals surface area contributed by atoms with Crippen LogP contribution in [0.25, 0.3) is 0 Å². The van der Waals surface area contributed by atoms with Gasteiger partial charge in [-0.05, 0) is 45.7 Å². The molecule has 1 rings (SSSR count). The zero-order valence-corrected chi connectivity index (χ0v) is 15.2. The molecule has 2 nitrogen and oxygen atoms in total. The van der Waals surface area contributed by atoms with E-state index in [0.29, 0.717) is 0 Å². The fourth-order valence-electron chi connectivity index (χ4n) is 2.33. The first-order chi connectivity index (χ1) is 9.32. The van der Waals surface area contributed by atoms with Crippen molar-refractivity contribution in [1.29, 1.82) is 0 Å². The van der Waals surface area contributed by atoms with Crippen LogP contribution in [0.5, 0.6) is 0 Å². The van der Waals surface area contributed by atoms with E-state index in [1.165, 1.54) is 25.1 Å². The SMILES string of the molecule is CCN(CCCN(C)C)Cc1ccc([Si](C)(C)C)cc1. The molecule has 3 heteroatoms. The van der Waals surface area contributed by atoms with Crippen molar-refractivity contribution in [2.45, 2.75) is 39.5 Å². The molecule has 1 aromatic carbocycles. The zero-order valence-electron chi connectivity index (χ0n) is 14.2. The lowest BCUT2D eigenvalue weighted by Gasteiger charge is -2.22. The topological polar surface area (TPSA) is 6.48 Å². The first kappa shape index (κ1) is 17.4. The zero-order chi connectivity index (χ0) is 15.2. The Morgan fingerprint density at radius 3 is 2.00 bits per heavy atom. The molecule has 0 aliphatic heterocycles. The Bertz CT molecular complexity index is 379. The van der Waals surface area contributed by atoms with Crippen LogP contribution in [0, 0.1) is 0 Å². The largest absolute Gasteiger partial charge is 0.309 e. The van der Waals surface area contributed by atoms with Gasteiger partial charge in [0.1, 0.15) is 0 Å². The number of hydrogen-bond donors (Lipinski definition) is 0. The molecule has 0 N–H and O–H groups in total. The average Bonchev–Trinajstić information content (AvgIpc) is 2.36. The predicted octanol–water partition coefficient (Wildman–Crippen LogP) is 3.01. The van der Waals surface area contributed by atoms with Gasteiger partial charge in [0.2, 0.25) is 0 Å². The Balaban J connectivity index is 2.53. The van der Waals surface area contributed by atoms with Crippen LogP contribution in [0.1, 0.15) is 18.9 Å². The highest BCUT2D eigenvalue weighted by Crippen LogP contribution is 2.07. The van der Waals surface area contributed by atoms with Crippen molar-refractivity contribution in [2.75, 3.05) is 33.7 Å². The molecule has 0 fully saturated rings. The van der Waals surface area contributed by atoms with Crippen LogP contribution < -0.4 is 5.19 Å². The van der Waals surface area contributed by atoms with Gasteiger partial charge in [-0.1, -0.05) is 56.0 Å². The summed E-state index contributed by atoms with van der Waals surface area (Å²) in [5.41, 5.74) is 1.44. The molecule has 0 bridgehead atoms. The normalized spacial score (nSPS) is 12.4. The lowest BCUT2D eigenvalue weighted by molar-refractivity contribution is 0.259. The molecule has 1 aromatic rings. The summed E-state index contributed by atoms with van der Waals surface area (Å²) in [5, 5.41) is 1.55. The van der Waals surface area contributed by atoms with Gasteiger partial charge in [0.05, 0.1) is 8.07 Å². The molecule has 0 unspecified atom stereocenters. The number of nitrogens with zero attached hydrogens (tertiary/aromatic N) is 2. The first-order valence-corrected chi connectivity index (χ1v) is 11.3. The minimum atomic E-state index is -1.16. The molecule has 0 heterocycles. The monoisotopic (exact) mass is 292 g/mol. The van der Waals surface area contributed by atoms with Crippen LogP contribution >= 0.6 is 0 Å². The summed E-state index contributed by atoms with van der Waals surface area (Å²) in [4.78, 5) is 4.80. The Kier molecular flexibility index (Phi) is 6.93. The van der Waals surface area contributed by atoms with E-state index < -0.39 is 8.07 Å². The smallest absolute Gasteiger partial charge is 0.0775 e. The predicted molar refractivity (Wildman–Crippen MR) is 93.5 cm³/mol. The maximum Gasteiger partial charge on any atom is 0.0775 e. The van der Waals surface area contributed by atoms with E-state index in [1.807, 2.05) is 0 Å². The molecule has 0 aliphatic rings. The molecule has 0 aromatic heterocycles. The number of rotatable bonds is 8. The maximum atomic E-state index is 2.53. The standard InChI is InChI=1S/C17H32N2Si/c1-7-19(14-8-13-18(2)3)15-16-9-11-17(12-10-16)20(4,5)6/h9-12H,7-8,13-15H2,1-6H3. The third-order valence-corrected chi connectivity index (χ3v) is 5.82. The summed E-state index contributed by atoms with van der Waals surface area (Å²) >= 11 is 0. The molecule has 0 atom stereocenters. The summed E-state index contributed by atoms with van der Waals surface area (Å²) in [7, 11) is 3.13. The lowest BCUT2D eigenvalue weighted by Crippen LogP contribution is -2.37. The van der Waals surface area contributed by atoms with E-state index >= 15 is 0 Å². The lowest BCUT2D eigenvalue weighted by atomic mass is 10.2.